The molecule has 4 nitrogen and oxygen atoms in total. The minimum absolute atomic E-state index is 0. The number of carbonyl (C=O) groups excluding carboxylic acids is 1. The number of rotatable bonds is 5. The first kappa shape index (κ1) is 19.8. The molecule has 134 valence electrons. The number of ether oxygens (including phenoxy) is 1. The van der Waals surface area contributed by atoms with Crippen LogP contribution in [0.5, 0.6) is 5.75 Å². The zero-order valence-electron chi connectivity index (χ0n) is 13.8. The van der Waals surface area contributed by atoms with Crippen molar-refractivity contribution in [2.75, 3.05) is 18.4 Å². The number of benzene rings is 2. The van der Waals surface area contributed by atoms with Crippen molar-refractivity contribution in [3.63, 3.8) is 0 Å². The van der Waals surface area contributed by atoms with Crippen molar-refractivity contribution in [2.45, 2.75) is 19.4 Å². The molecule has 2 N–H and O–H groups in total. The third-order valence-electron chi connectivity index (χ3n) is 4.15. The third-order valence-corrected chi connectivity index (χ3v) is 4.77. The third kappa shape index (κ3) is 5.73. The molecule has 6 heteroatoms. The maximum Gasteiger partial charge on any atom is 0.227 e. The number of nitrogens with one attached hydrogen (secondary N) is 2. The van der Waals surface area contributed by atoms with Gasteiger partial charge in [0.15, 0.2) is 0 Å². The summed E-state index contributed by atoms with van der Waals surface area (Å²) >= 11 is 3.52. The molecule has 0 aromatic heterocycles. The van der Waals surface area contributed by atoms with Gasteiger partial charge in [0, 0.05) is 11.6 Å². The van der Waals surface area contributed by atoms with Crippen LogP contribution in [-0.2, 0) is 11.4 Å². The van der Waals surface area contributed by atoms with Crippen LogP contribution in [0.4, 0.5) is 5.69 Å². The van der Waals surface area contributed by atoms with Crippen LogP contribution < -0.4 is 15.4 Å². The maximum atomic E-state index is 12.3. The van der Waals surface area contributed by atoms with E-state index in [1.54, 1.807) is 0 Å². The first-order valence-electron chi connectivity index (χ1n) is 8.20. The zero-order valence-corrected chi connectivity index (χ0v) is 16.2. The van der Waals surface area contributed by atoms with Crippen LogP contribution in [-0.4, -0.2) is 19.0 Å². The highest BCUT2D eigenvalue weighted by molar-refractivity contribution is 9.10. The van der Waals surface area contributed by atoms with Crippen molar-refractivity contribution in [3.8, 4) is 5.75 Å². The van der Waals surface area contributed by atoms with Gasteiger partial charge in [0.05, 0.1) is 4.47 Å². The zero-order chi connectivity index (χ0) is 16.8. The predicted octanol–water partition coefficient (Wildman–Crippen LogP) is 4.39. The Bertz CT molecular complexity index is 691. The predicted molar refractivity (Wildman–Crippen MR) is 106 cm³/mol. The van der Waals surface area contributed by atoms with E-state index in [4.69, 9.17) is 4.74 Å². The summed E-state index contributed by atoms with van der Waals surface area (Å²) in [6.07, 6.45) is 1.79. The fourth-order valence-electron chi connectivity index (χ4n) is 2.76. The van der Waals surface area contributed by atoms with E-state index in [-0.39, 0.29) is 24.2 Å². The van der Waals surface area contributed by atoms with Gasteiger partial charge in [-0.05, 0) is 65.6 Å². The quantitative estimate of drug-likeness (QED) is 0.747. The summed E-state index contributed by atoms with van der Waals surface area (Å²) in [6.45, 7) is 2.34. The molecule has 0 saturated carbocycles. The molecular weight excluding hydrogens is 404 g/mol. The molecule has 1 heterocycles. The molecule has 1 fully saturated rings. The van der Waals surface area contributed by atoms with Gasteiger partial charge in [-0.1, -0.05) is 30.3 Å². The average Bonchev–Trinajstić information content (AvgIpc) is 2.62. The SMILES string of the molecule is Cl.O=C(Nc1ccc(OCc2ccccc2)c(Br)c1)C1CCNCC1. The summed E-state index contributed by atoms with van der Waals surface area (Å²) < 4.78 is 6.67. The second-order valence-corrected chi connectivity index (χ2v) is 6.79. The standard InChI is InChI=1S/C19H21BrN2O2.ClH/c20-17-12-16(22-19(23)15-8-10-21-11-9-15)6-7-18(17)24-13-14-4-2-1-3-5-14;/h1-7,12,15,21H,8-11,13H2,(H,22,23);1H. The van der Waals surface area contributed by atoms with Crippen LogP contribution in [0.1, 0.15) is 18.4 Å². The molecule has 0 unspecified atom stereocenters. The largest absolute Gasteiger partial charge is 0.488 e. The molecule has 1 saturated heterocycles. The number of carbonyl (C=O) groups is 1. The number of piperidine rings is 1. The fourth-order valence-corrected chi connectivity index (χ4v) is 3.25. The van der Waals surface area contributed by atoms with E-state index in [0.29, 0.717) is 6.61 Å². The van der Waals surface area contributed by atoms with E-state index in [1.165, 1.54) is 0 Å². The lowest BCUT2D eigenvalue weighted by atomic mass is 9.97. The highest BCUT2D eigenvalue weighted by Gasteiger charge is 2.21. The molecule has 2 aromatic carbocycles. The highest BCUT2D eigenvalue weighted by atomic mass is 79.9. The van der Waals surface area contributed by atoms with Crippen LogP contribution in [0.2, 0.25) is 0 Å². The summed E-state index contributed by atoms with van der Waals surface area (Å²) in [7, 11) is 0. The van der Waals surface area contributed by atoms with Gasteiger partial charge in [-0.2, -0.15) is 0 Å². The molecule has 0 spiro atoms. The fraction of sp³-hybridized carbons (Fsp3) is 0.316. The lowest BCUT2D eigenvalue weighted by Gasteiger charge is -2.22. The molecular formula is C19H22BrClN2O2. The maximum absolute atomic E-state index is 12.3. The van der Waals surface area contributed by atoms with Crippen molar-refractivity contribution in [2.24, 2.45) is 5.92 Å². The molecule has 0 aliphatic carbocycles. The summed E-state index contributed by atoms with van der Waals surface area (Å²) in [6, 6.07) is 15.7. The van der Waals surface area contributed by atoms with Crippen LogP contribution in [0.15, 0.2) is 53.0 Å². The Labute approximate surface area is 162 Å². The Balaban J connectivity index is 0.00000225. The topological polar surface area (TPSA) is 50.4 Å². The molecule has 2 aromatic rings. The molecule has 1 aliphatic rings. The molecule has 0 radical (unpaired) electrons. The van der Waals surface area contributed by atoms with E-state index in [9.17, 15) is 4.79 Å². The summed E-state index contributed by atoms with van der Waals surface area (Å²) in [4.78, 5) is 12.3. The number of hydrogen-bond donors (Lipinski definition) is 2. The molecule has 3 rings (SSSR count). The first-order valence-corrected chi connectivity index (χ1v) is 8.99. The van der Waals surface area contributed by atoms with Crippen molar-refractivity contribution in [3.05, 3.63) is 58.6 Å². The van der Waals surface area contributed by atoms with Crippen molar-refractivity contribution >= 4 is 39.9 Å². The van der Waals surface area contributed by atoms with Crippen LogP contribution >= 0.6 is 28.3 Å². The van der Waals surface area contributed by atoms with Gasteiger partial charge in [0.2, 0.25) is 5.91 Å². The van der Waals surface area contributed by atoms with Crippen molar-refractivity contribution in [1.29, 1.82) is 0 Å². The number of amides is 1. The number of hydrogen-bond acceptors (Lipinski definition) is 3. The first-order chi connectivity index (χ1) is 11.7. The molecule has 1 aliphatic heterocycles. The second kappa shape index (κ2) is 9.80. The van der Waals surface area contributed by atoms with Crippen molar-refractivity contribution in [1.82, 2.24) is 5.32 Å². The average molecular weight is 426 g/mol. The van der Waals surface area contributed by atoms with Gasteiger partial charge in [-0.3, -0.25) is 4.79 Å². The molecule has 0 bridgehead atoms. The second-order valence-electron chi connectivity index (χ2n) is 5.93. The van der Waals surface area contributed by atoms with Crippen LogP contribution in [0, 0.1) is 5.92 Å². The van der Waals surface area contributed by atoms with E-state index >= 15 is 0 Å². The van der Waals surface area contributed by atoms with Gasteiger partial charge < -0.3 is 15.4 Å². The minimum Gasteiger partial charge on any atom is -0.488 e. The van der Waals surface area contributed by atoms with Gasteiger partial charge in [-0.15, -0.1) is 12.4 Å². The lowest BCUT2D eigenvalue weighted by molar-refractivity contribution is -0.120. The minimum atomic E-state index is 0. The normalized spacial score (nSPS) is 14.4. The molecule has 25 heavy (non-hydrogen) atoms. The van der Waals surface area contributed by atoms with Gasteiger partial charge in [0.25, 0.3) is 0 Å². The van der Waals surface area contributed by atoms with E-state index in [2.05, 4.69) is 26.6 Å². The van der Waals surface area contributed by atoms with Gasteiger partial charge in [-0.25, -0.2) is 0 Å². The van der Waals surface area contributed by atoms with Crippen molar-refractivity contribution < 1.29 is 9.53 Å². The van der Waals surface area contributed by atoms with Crippen LogP contribution in [0.3, 0.4) is 0 Å². The van der Waals surface area contributed by atoms with E-state index in [0.717, 1.165) is 47.4 Å². The van der Waals surface area contributed by atoms with Gasteiger partial charge >= 0.3 is 0 Å². The Morgan fingerprint density at radius 2 is 1.88 bits per heavy atom. The number of halogens is 2. The Hall–Kier alpha value is -1.56. The molecule has 1 amide bonds. The highest BCUT2D eigenvalue weighted by Crippen LogP contribution is 2.29. The van der Waals surface area contributed by atoms with Gasteiger partial charge in [0.1, 0.15) is 12.4 Å². The smallest absolute Gasteiger partial charge is 0.227 e. The summed E-state index contributed by atoms with van der Waals surface area (Å²) in [5.41, 5.74) is 1.91. The Morgan fingerprint density at radius 1 is 1.16 bits per heavy atom. The van der Waals surface area contributed by atoms with Crippen LogP contribution in [0.25, 0.3) is 0 Å². The Kier molecular flexibility index (Phi) is 7.75. The van der Waals surface area contributed by atoms with E-state index in [1.807, 2.05) is 48.5 Å². The monoisotopic (exact) mass is 424 g/mol. The lowest BCUT2D eigenvalue weighted by Crippen LogP contribution is -2.34. The van der Waals surface area contributed by atoms with E-state index < -0.39 is 0 Å². The molecule has 0 atom stereocenters. The number of anilines is 1. The summed E-state index contributed by atoms with van der Waals surface area (Å²) in [5, 5.41) is 6.27. The summed E-state index contributed by atoms with van der Waals surface area (Å²) in [5.74, 6) is 0.958. The Morgan fingerprint density at radius 3 is 2.56 bits per heavy atom.